The highest BCUT2D eigenvalue weighted by molar-refractivity contribution is 5.73. The minimum Gasteiger partial charge on any atom is -0.441 e. The first kappa shape index (κ1) is 17.3. The summed E-state index contributed by atoms with van der Waals surface area (Å²) in [5.74, 6) is 0. The highest BCUT2D eigenvalue weighted by atomic mass is 16.6. The van der Waals surface area contributed by atoms with Crippen LogP contribution in [0.5, 0.6) is 0 Å². The summed E-state index contributed by atoms with van der Waals surface area (Å²) in [6, 6.07) is 15.0. The van der Waals surface area contributed by atoms with Crippen molar-refractivity contribution in [3.05, 3.63) is 53.6 Å². The number of nitrogens with zero attached hydrogens (tertiary/aromatic N) is 1. The van der Waals surface area contributed by atoms with Gasteiger partial charge in [-0.05, 0) is 28.2 Å². The van der Waals surface area contributed by atoms with Crippen molar-refractivity contribution in [1.82, 2.24) is 0 Å². The Kier molecular flexibility index (Phi) is 4.46. The molecule has 4 nitrogen and oxygen atoms in total. The monoisotopic (exact) mass is 338 g/mol. The topological polar surface area (TPSA) is 55.6 Å². The van der Waals surface area contributed by atoms with Gasteiger partial charge in [-0.1, -0.05) is 57.2 Å². The zero-order chi connectivity index (χ0) is 18.2. The van der Waals surface area contributed by atoms with E-state index in [0.29, 0.717) is 0 Å². The van der Waals surface area contributed by atoms with Gasteiger partial charge in [0, 0.05) is 31.3 Å². The second kappa shape index (κ2) is 6.43. The smallest absolute Gasteiger partial charge is 0.405 e. The number of carbonyl (C=O) groups is 1. The third-order valence-electron chi connectivity index (χ3n) is 4.84. The van der Waals surface area contributed by atoms with Crippen LogP contribution in [0.15, 0.2) is 42.5 Å². The average molecular weight is 338 g/mol. The third-order valence-corrected chi connectivity index (χ3v) is 4.84. The molecule has 0 radical (unpaired) electrons. The standard InChI is InChI=1S/C21H26N2O2/c1-21(2,3)16-7-5-6-14(12-16)15-8-9-17-18(13-15)23(4)11-10-19(17)25-20(22)24/h5-9,12-13,19H,10-11H2,1-4H3,(H2,22,24). The molecule has 1 unspecified atom stereocenters. The summed E-state index contributed by atoms with van der Waals surface area (Å²) in [7, 11) is 2.06. The molecule has 0 fully saturated rings. The van der Waals surface area contributed by atoms with Gasteiger partial charge >= 0.3 is 6.09 Å². The molecule has 4 heteroatoms. The second-order valence-corrected chi connectivity index (χ2v) is 7.74. The van der Waals surface area contributed by atoms with Gasteiger partial charge < -0.3 is 15.4 Å². The van der Waals surface area contributed by atoms with Crippen molar-refractivity contribution in [2.45, 2.75) is 38.7 Å². The van der Waals surface area contributed by atoms with Crippen LogP contribution in [0.25, 0.3) is 11.1 Å². The summed E-state index contributed by atoms with van der Waals surface area (Å²) in [6.07, 6.45) is -0.230. The van der Waals surface area contributed by atoms with E-state index in [1.54, 1.807) is 0 Å². The molecule has 0 saturated heterocycles. The maximum absolute atomic E-state index is 11.2. The minimum absolute atomic E-state index is 0.113. The molecule has 132 valence electrons. The van der Waals surface area contributed by atoms with Crippen LogP contribution in [-0.2, 0) is 10.2 Å². The van der Waals surface area contributed by atoms with E-state index in [-0.39, 0.29) is 11.5 Å². The number of amides is 1. The van der Waals surface area contributed by atoms with Gasteiger partial charge in [0.05, 0.1) is 0 Å². The summed E-state index contributed by atoms with van der Waals surface area (Å²) in [5.41, 5.74) is 11.1. The van der Waals surface area contributed by atoms with Crippen molar-refractivity contribution in [3.63, 3.8) is 0 Å². The molecule has 1 aliphatic rings. The molecule has 0 aromatic heterocycles. The maximum atomic E-state index is 11.2. The lowest BCUT2D eigenvalue weighted by molar-refractivity contribution is 0.100. The molecule has 2 aromatic carbocycles. The molecule has 1 amide bonds. The Bertz CT molecular complexity index is 793. The van der Waals surface area contributed by atoms with Crippen molar-refractivity contribution in [2.24, 2.45) is 5.73 Å². The van der Waals surface area contributed by atoms with Crippen molar-refractivity contribution in [3.8, 4) is 11.1 Å². The highest BCUT2D eigenvalue weighted by Crippen LogP contribution is 2.38. The fourth-order valence-electron chi connectivity index (χ4n) is 3.34. The van der Waals surface area contributed by atoms with Gasteiger partial charge in [0.15, 0.2) is 0 Å². The Balaban J connectivity index is 2.01. The first-order valence-corrected chi connectivity index (χ1v) is 8.68. The number of anilines is 1. The highest BCUT2D eigenvalue weighted by Gasteiger charge is 2.26. The molecule has 25 heavy (non-hydrogen) atoms. The predicted molar refractivity (Wildman–Crippen MR) is 102 cm³/mol. The van der Waals surface area contributed by atoms with Crippen LogP contribution in [0.4, 0.5) is 10.5 Å². The van der Waals surface area contributed by atoms with Gasteiger partial charge in [-0.2, -0.15) is 0 Å². The molecule has 0 saturated carbocycles. The number of ether oxygens (including phenoxy) is 1. The summed E-state index contributed by atoms with van der Waals surface area (Å²) >= 11 is 0. The lowest BCUT2D eigenvalue weighted by Crippen LogP contribution is -2.30. The normalized spacial score (nSPS) is 17.1. The summed E-state index contributed by atoms with van der Waals surface area (Å²) in [4.78, 5) is 13.4. The van der Waals surface area contributed by atoms with E-state index >= 15 is 0 Å². The Morgan fingerprint density at radius 3 is 2.56 bits per heavy atom. The first-order valence-electron chi connectivity index (χ1n) is 8.68. The lowest BCUT2D eigenvalue weighted by atomic mass is 9.85. The van der Waals surface area contributed by atoms with Crippen molar-refractivity contribution < 1.29 is 9.53 Å². The van der Waals surface area contributed by atoms with Gasteiger partial charge in [-0.25, -0.2) is 4.79 Å². The lowest BCUT2D eigenvalue weighted by Gasteiger charge is -2.33. The number of hydrogen-bond acceptors (Lipinski definition) is 3. The fraction of sp³-hybridized carbons (Fsp3) is 0.381. The zero-order valence-corrected chi connectivity index (χ0v) is 15.4. The molecule has 2 aromatic rings. The zero-order valence-electron chi connectivity index (χ0n) is 15.4. The third kappa shape index (κ3) is 3.63. The van der Waals surface area contributed by atoms with Gasteiger partial charge in [0.2, 0.25) is 0 Å². The van der Waals surface area contributed by atoms with E-state index in [0.717, 1.165) is 29.8 Å². The first-order chi connectivity index (χ1) is 11.8. The fourth-order valence-corrected chi connectivity index (χ4v) is 3.34. The largest absolute Gasteiger partial charge is 0.441 e. The van der Waals surface area contributed by atoms with Crippen molar-refractivity contribution in [1.29, 1.82) is 0 Å². The second-order valence-electron chi connectivity index (χ2n) is 7.74. The van der Waals surface area contributed by atoms with E-state index in [1.807, 2.05) is 0 Å². The van der Waals surface area contributed by atoms with E-state index < -0.39 is 6.09 Å². The Hall–Kier alpha value is -2.49. The SMILES string of the molecule is CN1CCC(OC(N)=O)c2ccc(-c3cccc(C(C)(C)C)c3)cc21. The van der Waals surface area contributed by atoms with Crippen LogP contribution in [0.1, 0.15) is 44.4 Å². The Morgan fingerprint density at radius 2 is 1.88 bits per heavy atom. The molecule has 2 N–H and O–H groups in total. The minimum atomic E-state index is -0.720. The van der Waals surface area contributed by atoms with Crippen LogP contribution in [0.3, 0.4) is 0 Å². The van der Waals surface area contributed by atoms with Crippen LogP contribution in [-0.4, -0.2) is 19.7 Å². The average Bonchev–Trinajstić information content (AvgIpc) is 2.56. The van der Waals surface area contributed by atoms with Crippen molar-refractivity contribution in [2.75, 3.05) is 18.5 Å². The van der Waals surface area contributed by atoms with Crippen LogP contribution in [0, 0.1) is 0 Å². The van der Waals surface area contributed by atoms with Gasteiger partial charge in [0.1, 0.15) is 6.10 Å². The summed E-state index contributed by atoms with van der Waals surface area (Å²) in [6.45, 7) is 7.49. The van der Waals surface area contributed by atoms with Crippen LogP contribution >= 0.6 is 0 Å². The van der Waals surface area contributed by atoms with Gasteiger partial charge in [-0.3, -0.25) is 0 Å². The van der Waals surface area contributed by atoms with E-state index in [2.05, 4.69) is 75.2 Å². The maximum Gasteiger partial charge on any atom is 0.405 e. The Morgan fingerprint density at radius 1 is 1.16 bits per heavy atom. The molecule has 0 spiro atoms. The molecular formula is C21H26N2O2. The summed E-state index contributed by atoms with van der Waals surface area (Å²) < 4.78 is 5.29. The van der Waals surface area contributed by atoms with E-state index in [1.165, 1.54) is 11.1 Å². The molecule has 0 aliphatic carbocycles. The number of primary amides is 1. The molecule has 1 aliphatic heterocycles. The van der Waals surface area contributed by atoms with Gasteiger partial charge in [0.25, 0.3) is 0 Å². The quantitative estimate of drug-likeness (QED) is 0.869. The van der Waals surface area contributed by atoms with Crippen molar-refractivity contribution >= 4 is 11.8 Å². The number of rotatable bonds is 2. The number of hydrogen-bond donors (Lipinski definition) is 1. The molecule has 0 bridgehead atoms. The molecular weight excluding hydrogens is 312 g/mol. The number of fused-ring (bicyclic) bond motifs is 1. The molecule has 1 heterocycles. The van der Waals surface area contributed by atoms with Crippen LogP contribution in [0.2, 0.25) is 0 Å². The molecule has 3 rings (SSSR count). The number of benzene rings is 2. The van der Waals surface area contributed by atoms with E-state index in [4.69, 9.17) is 10.5 Å². The predicted octanol–water partition coefficient (Wildman–Crippen LogP) is 4.63. The van der Waals surface area contributed by atoms with E-state index in [9.17, 15) is 4.79 Å². The molecule has 1 atom stereocenters. The van der Waals surface area contributed by atoms with Gasteiger partial charge in [-0.15, -0.1) is 0 Å². The van der Waals surface area contributed by atoms with Crippen LogP contribution < -0.4 is 10.6 Å². The Labute approximate surface area is 149 Å². The number of nitrogens with two attached hydrogens (primary N) is 1. The number of carbonyl (C=O) groups excluding carboxylic acids is 1. The summed E-state index contributed by atoms with van der Waals surface area (Å²) in [5, 5.41) is 0.